The molecule has 0 bridgehead atoms. The molecule has 1 heterocycles. The lowest BCUT2D eigenvalue weighted by Crippen LogP contribution is -1.96. The Morgan fingerprint density at radius 1 is 1.73 bits per heavy atom. The van der Waals surface area contributed by atoms with Gasteiger partial charge < -0.3 is 0 Å². The molecule has 0 unspecified atom stereocenters. The smallest absolute Gasteiger partial charge is 0.113 e. The van der Waals surface area contributed by atoms with E-state index in [2.05, 4.69) is 10.2 Å². The van der Waals surface area contributed by atoms with Crippen molar-refractivity contribution in [3.05, 3.63) is 17.5 Å². The second-order valence-electron chi connectivity index (χ2n) is 1.97. The number of aromatic amines is 1. The van der Waals surface area contributed by atoms with Crippen molar-refractivity contribution in [3.8, 4) is 6.07 Å². The number of nitrogens with zero attached hydrogens (tertiary/aromatic N) is 2. The molecule has 0 saturated carbocycles. The molecule has 11 heavy (non-hydrogen) atoms. The number of halogens is 2. The van der Waals surface area contributed by atoms with Crippen LogP contribution >= 0.6 is 23.2 Å². The Balaban J connectivity index is 2.79. The van der Waals surface area contributed by atoms with E-state index in [4.69, 9.17) is 28.5 Å². The molecule has 0 spiro atoms. The first kappa shape index (κ1) is 8.38. The van der Waals surface area contributed by atoms with Crippen LogP contribution in [0.4, 0.5) is 0 Å². The van der Waals surface area contributed by atoms with E-state index in [9.17, 15) is 0 Å². The number of rotatable bonds is 2. The third-order valence-corrected chi connectivity index (χ3v) is 1.51. The van der Waals surface area contributed by atoms with Gasteiger partial charge >= 0.3 is 0 Å². The number of hydrogen-bond donors (Lipinski definition) is 1. The number of nitriles is 1. The monoisotopic (exact) mass is 189 g/mol. The summed E-state index contributed by atoms with van der Waals surface area (Å²) in [5.74, 6) is 0. The third kappa shape index (κ3) is 2.11. The highest BCUT2D eigenvalue weighted by molar-refractivity contribution is 6.44. The van der Waals surface area contributed by atoms with E-state index in [0.29, 0.717) is 17.7 Å². The summed E-state index contributed by atoms with van der Waals surface area (Å²) in [6, 6.07) is 1.97. The van der Waals surface area contributed by atoms with E-state index >= 15 is 0 Å². The second-order valence-corrected chi connectivity index (χ2v) is 3.25. The van der Waals surface area contributed by atoms with Crippen molar-refractivity contribution in [1.29, 1.82) is 5.26 Å². The van der Waals surface area contributed by atoms with Gasteiger partial charge in [0.25, 0.3) is 0 Å². The summed E-state index contributed by atoms with van der Waals surface area (Å²) in [6.07, 6.45) is 1.87. The molecule has 5 heteroatoms. The van der Waals surface area contributed by atoms with Crippen LogP contribution in [0.3, 0.4) is 0 Å². The SMILES string of the molecule is N#Cc1cn[nH]c1CC(Cl)Cl. The molecule has 0 radical (unpaired) electrons. The van der Waals surface area contributed by atoms with Gasteiger partial charge in [-0.1, -0.05) is 0 Å². The first-order chi connectivity index (χ1) is 5.24. The Bertz CT molecular complexity index is 274. The molecule has 1 N–H and O–H groups in total. The minimum absolute atomic E-state index is 0.423. The molecule has 0 aliphatic rings. The van der Waals surface area contributed by atoms with Crippen molar-refractivity contribution in [2.24, 2.45) is 0 Å². The molecule has 0 fully saturated rings. The van der Waals surface area contributed by atoms with Gasteiger partial charge in [-0.3, -0.25) is 5.10 Å². The summed E-state index contributed by atoms with van der Waals surface area (Å²) in [5, 5.41) is 14.9. The van der Waals surface area contributed by atoms with Gasteiger partial charge in [0.05, 0.1) is 17.5 Å². The average Bonchev–Trinajstić information content (AvgIpc) is 2.34. The standard InChI is InChI=1S/C6H5Cl2N3/c7-6(8)1-5-4(2-9)3-10-11-5/h3,6H,1H2,(H,10,11). The van der Waals surface area contributed by atoms with Gasteiger partial charge in [-0.2, -0.15) is 10.4 Å². The topological polar surface area (TPSA) is 52.5 Å². The van der Waals surface area contributed by atoms with E-state index in [1.165, 1.54) is 6.20 Å². The van der Waals surface area contributed by atoms with Crippen molar-refractivity contribution in [2.45, 2.75) is 11.3 Å². The fourth-order valence-electron chi connectivity index (χ4n) is 0.719. The van der Waals surface area contributed by atoms with Crippen LogP contribution in [0, 0.1) is 11.3 Å². The van der Waals surface area contributed by atoms with E-state index in [1.807, 2.05) is 6.07 Å². The predicted octanol–water partition coefficient (Wildman–Crippen LogP) is 1.63. The minimum atomic E-state index is -0.498. The first-order valence-corrected chi connectivity index (χ1v) is 3.82. The van der Waals surface area contributed by atoms with E-state index in [1.54, 1.807) is 0 Å². The van der Waals surface area contributed by atoms with E-state index < -0.39 is 4.84 Å². The highest BCUT2D eigenvalue weighted by Gasteiger charge is 2.07. The van der Waals surface area contributed by atoms with Crippen molar-refractivity contribution in [2.75, 3.05) is 0 Å². The van der Waals surface area contributed by atoms with Crippen molar-refractivity contribution < 1.29 is 0 Å². The molecule has 3 nitrogen and oxygen atoms in total. The average molecular weight is 190 g/mol. The van der Waals surface area contributed by atoms with Gasteiger partial charge in [-0.25, -0.2) is 0 Å². The largest absolute Gasteiger partial charge is 0.281 e. The van der Waals surface area contributed by atoms with Gasteiger partial charge in [0.1, 0.15) is 10.9 Å². The van der Waals surface area contributed by atoms with Crippen LogP contribution in [0.5, 0.6) is 0 Å². The van der Waals surface area contributed by atoms with Crippen LogP contribution in [0.1, 0.15) is 11.3 Å². The Morgan fingerprint density at radius 3 is 3.00 bits per heavy atom. The Morgan fingerprint density at radius 2 is 2.45 bits per heavy atom. The first-order valence-electron chi connectivity index (χ1n) is 2.94. The summed E-state index contributed by atoms with van der Waals surface area (Å²) in [5.41, 5.74) is 1.18. The van der Waals surface area contributed by atoms with Crippen molar-refractivity contribution >= 4 is 23.2 Å². The second kappa shape index (κ2) is 3.61. The van der Waals surface area contributed by atoms with Crippen molar-refractivity contribution in [3.63, 3.8) is 0 Å². The molecular weight excluding hydrogens is 185 g/mol. The van der Waals surface area contributed by atoms with Crippen LogP contribution in [-0.2, 0) is 6.42 Å². The molecule has 1 aromatic rings. The van der Waals surface area contributed by atoms with Crippen LogP contribution in [0.15, 0.2) is 6.20 Å². The summed E-state index contributed by atoms with van der Waals surface area (Å²) in [4.78, 5) is -0.498. The molecule has 0 saturated heterocycles. The van der Waals surface area contributed by atoms with E-state index in [0.717, 1.165) is 0 Å². The van der Waals surface area contributed by atoms with Gasteiger partial charge in [0, 0.05) is 6.42 Å². The zero-order valence-corrected chi connectivity index (χ0v) is 7.02. The zero-order chi connectivity index (χ0) is 8.27. The highest BCUT2D eigenvalue weighted by Crippen LogP contribution is 2.12. The molecule has 0 aromatic carbocycles. The Labute approximate surface area is 73.9 Å². The van der Waals surface area contributed by atoms with Gasteiger partial charge in [0.2, 0.25) is 0 Å². The van der Waals surface area contributed by atoms with Gasteiger partial charge in [-0.15, -0.1) is 23.2 Å². The maximum Gasteiger partial charge on any atom is 0.113 e. The Kier molecular flexibility index (Phi) is 2.75. The Hall–Kier alpha value is -0.720. The maximum absolute atomic E-state index is 8.52. The van der Waals surface area contributed by atoms with Crippen LogP contribution < -0.4 is 0 Å². The minimum Gasteiger partial charge on any atom is -0.281 e. The molecular formula is C6H5Cl2N3. The van der Waals surface area contributed by atoms with Gasteiger partial charge in [0.15, 0.2) is 0 Å². The van der Waals surface area contributed by atoms with Crippen LogP contribution in [0.25, 0.3) is 0 Å². The predicted molar refractivity (Wildman–Crippen MR) is 42.5 cm³/mol. The van der Waals surface area contributed by atoms with Crippen molar-refractivity contribution in [1.82, 2.24) is 10.2 Å². The molecule has 0 aliphatic carbocycles. The third-order valence-electron chi connectivity index (χ3n) is 1.20. The van der Waals surface area contributed by atoms with Gasteiger partial charge in [-0.05, 0) is 0 Å². The van der Waals surface area contributed by atoms with Crippen LogP contribution in [-0.4, -0.2) is 15.0 Å². The number of aromatic nitrogens is 2. The maximum atomic E-state index is 8.52. The number of nitrogens with one attached hydrogen (secondary N) is 1. The molecule has 0 amide bonds. The fourth-order valence-corrected chi connectivity index (χ4v) is 1.03. The summed E-state index contributed by atoms with van der Waals surface area (Å²) < 4.78 is 0. The summed E-state index contributed by atoms with van der Waals surface area (Å²) >= 11 is 11.0. The number of H-pyrrole nitrogens is 1. The lowest BCUT2D eigenvalue weighted by atomic mass is 10.2. The molecule has 0 aliphatic heterocycles. The number of hydrogen-bond acceptors (Lipinski definition) is 2. The fraction of sp³-hybridized carbons (Fsp3) is 0.333. The molecule has 1 aromatic heterocycles. The summed E-state index contributed by atoms with van der Waals surface area (Å²) in [6.45, 7) is 0. The molecule has 58 valence electrons. The van der Waals surface area contributed by atoms with Crippen LogP contribution in [0.2, 0.25) is 0 Å². The highest BCUT2D eigenvalue weighted by atomic mass is 35.5. The number of alkyl halides is 2. The molecule has 1 rings (SSSR count). The normalized spacial score (nSPS) is 10.0. The van der Waals surface area contributed by atoms with E-state index in [-0.39, 0.29) is 0 Å². The zero-order valence-electron chi connectivity index (χ0n) is 5.51. The quantitative estimate of drug-likeness (QED) is 0.720. The lowest BCUT2D eigenvalue weighted by molar-refractivity contribution is 0.953. The molecule has 0 atom stereocenters. The summed E-state index contributed by atoms with van der Waals surface area (Å²) in [7, 11) is 0. The lowest BCUT2D eigenvalue weighted by Gasteiger charge is -1.96.